The number of fused-ring (bicyclic) bond motifs is 1. The zero-order chi connectivity index (χ0) is 14.1. The minimum atomic E-state index is -0.154. The second-order valence-corrected chi connectivity index (χ2v) is 5.23. The molecule has 0 saturated carbocycles. The maximum absolute atomic E-state index is 12.4. The van der Waals surface area contributed by atoms with Gasteiger partial charge in [0.05, 0.1) is 0 Å². The van der Waals surface area contributed by atoms with Crippen LogP contribution in [0.4, 0.5) is 5.69 Å². The molecular formula is C15H18N4O. The summed E-state index contributed by atoms with van der Waals surface area (Å²) in [5.41, 5.74) is 5.61. The van der Waals surface area contributed by atoms with E-state index in [0.29, 0.717) is 12.2 Å². The van der Waals surface area contributed by atoms with E-state index >= 15 is 0 Å². The molecule has 1 aliphatic heterocycles. The molecule has 5 nitrogen and oxygen atoms in total. The van der Waals surface area contributed by atoms with Crippen molar-refractivity contribution in [2.75, 3.05) is 11.9 Å². The highest BCUT2D eigenvalue weighted by molar-refractivity contribution is 6.04. The van der Waals surface area contributed by atoms with Crippen molar-refractivity contribution in [2.24, 2.45) is 0 Å². The number of benzene rings is 1. The van der Waals surface area contributed by atoms with Crippen LogP contribution >= 0.6 is 0 Å². The first-order chi connectivity index (χ1) is 9.65. The number of nitrogens with zero attached hydrogens (tertiary/aromatic N) is 1. The SMILES string of the molecule is Cc1ccc(NC(=O)c2n[nH]c3c2CNCC3)c(C)c1. The number of aryl methyl sites for hydroxylation is 2. The zero-order valence-corrected chi connectivity index (χ0v) is 11.7. The number of carbonyl (C=O) groups is 1. The Morgan fingerprint density at radius 2 is 2.20 bits per heavy atom. The lowest BCUT2D eigenvalue weighted by Gasteiger charge is -2.13. The van der Waals surface area contributed by atoms with Gasteiger partial charge in [-0.15, -0.1) is 0 Å². The number of amides is 1. The lowest BCUT2D eigenvalue weighted by atomic mass is 10.1. The lowest BCUT2D eigenvalue weighted by Crippen LogP contribution is -2.25. The van der Waals surface area contributed by atoms with Gasteiger partial charge in [-0.05, 0) is 25.5 Å². The van der Waals surface area contributed by atoms with Gasteiger partial charge in [-0.2, -0.15) is 5.10 Å². The Labute approximate surface area is 117 Å². The fourth-order valence-electron chi connectivity index (χ4n) is 2.55. The number of anilines is 1. The molecule has 104 valence electrons. The third kappa shape index (κ3) is 2.32. The molecule has 0 unspecified atom stereocenters. The Morgan fingerprint density at radius 3 is 3.00 bits per heavy atom. The molecule has 1 aromatic heterocycles. The molecular weight excluding hydrogens is 252 g/mol. The summed E-state index contributed by atoms with van der Waals surface area (Å²) >= 11 is 0. The van der Waals surface area contributed by atoms with E-state index in [-0.39, 0.29) is 5.91 Å². The number of nitrogens with one attached hydrogen (secondary N) is 3. The summed E-state index contributed by atoms with van der Waals surface area (Å²) in [6.45, 7) is 5.65. The van der Waals surface area contributed by atoms with E-state index in [1.165, 1.54) is 5.56 Å². The van der Waals surface area contributed by atoms with Gasteiger partial charge < -0.3 is 10.6 Å². The molecule has 0 radical (unpaired) electrons. The molecule has 0 saturated heterocycles. The summed E-state index contributed by atoms with van der Waals surface area (Å²) in [5.74, 6) is -0.154. The van der Waals surface area contributed by atoms with Crippen molar-refractivity contribution in [2.45, 2.75) is 26.8 Å². The molecule has 2 heterocycles. The van der Waals surface area contributed by atoms with E-state index in [2.05, 4.69) is 26.9 Å². The van der Waals surface area contributed by atoms with E-state index < -0.39 is 0 Å². The van der Waals surface area contributed by atoms with Crippen molar-refractivity contribution in [1.82, 2.24) is 15.5 Å². The van der Waals surface area contributed by atoms with Gasteiger partial charge in [0.15, 0.2) is 5.69 Å². The maximum atomic E-state index is 12.4. The van der Waals surface area contributed by atoms with Crippen LogP contribution in [0.5, 0.6) is 0 Å². The lowest BCUT2D eigenvalue weighted by molar-refractivity contribution is 0.102. The second-order valence-electron chi connectivity index (χ2n) is 5.23. The monoisotopic (exact) mass is 270 g/mol. The van der Waals surface area contributed by atoms with Crippen LogP contribution in [0.15, 0.2) is 18.2 Å². The van der Waals surface area contributed by atoms with Crippen LogP contribution in [0.3, 0.4) is 0 Å². The fourth-order valence-corrected chi connectivity index (χ4v) is 2.55. The number of rotatable bonds is 2. The summed E-state index contributed by atoms with van der Waals surface area (Å²) in [6.07, 6.45) is 0.888. The number of hydrogen-bond acceptors (Lipinski definition) is 3. The van der Waals surface area contributed by atoms with Crippen LogP contribution in [0, 0.1) is 13.8 Å². The Hall–Kier alpha value is -2.14. The first-order valence-electron chi connectivity index (χ1n) is 6.80. The molecule has 0 spiro atoms. The topological polar surface area (TPSA) is 69.8 Å². The van der Waals surface area contributed by atoms with Crippen molar-refractivity contribution in [1.29, 1.82) is 0 Å². The van der Waals surface area contributed by atoms with E-state index in [1.807, 2.05) is 26.0 Å². The first-order valence-corrected chi connectivity index (χ1v) is 6.80. The first kappa shape index (κ1) is 12.9. The predicted octanol–water partition coefficient (Wildman–Crippen LogP) is 1.92. The summed E-state index contributed by atoms with van der Waals surface area (Å²) in [4.78, 5) is 12.4. The van der Waals surface area contributed by atoms with Gasteiger partial charge in [-0.25, -0.2) is 0 Å². The quantitative estimate of drug-likeness (QED) is 0.781. The van der Waals surface area contributed by atoms with Crippen molar-refractivity contribution in [3.63, 3.8) is 0 Å². The average Bonchev–Trinajstić information content (AvgIpc) is 2.86. The minimum absolute atomic E-state index is 0.154. The van der Waals surface area contributed by atoms with Gasteiger partial charge in [0.2, 0.25) is 0 Å². The van der Waals surface area contributed by atoms with Crippen LogP contribution in [0.25, 0.3) is 0 Å². The smallest absolute Gasteiger partial charge is 0.276 e. The number of hydrogen-bond donors (Lipinski definition) is 3. The normalized spacial score (nSPS) is 13.9. The Morgan fingerprint density at radius 1 is 1.35 bits per heavy atom. The molecule has 1 amide bonds. The van der Waals surface area contributed by atoms with Gasteiger partial charge in [-0.1, -0.05) is 17.7 Å². The molecule has 2 aromatic rings. The maximum Gasteiger partial charge on any atom is 0.276 e. The van der Waals surface area contributed by atoms with Crippen LogP contribution < -0.4 is 10.6 Å². The standard InChI is InChI=1S/C15H18N4O/c1-9-3-4-12(10(2)7-9)17-15(20)14-11-8-16-6-5-13(11)18-19-14/h3-4,7,16H,5-6,8H2,1-2H3,(H,17,20)(H,18,19). The summed E-state index contributed by atoms with van der Waals surface area (Å²) in [6, 6.07) is 5.97. The van der Waals surface area contributed by atoms with Crippen molar-refractivity contribution >= 4 is 11.6 Å². The minimum Gasteiger partial charge on any atom is -0.320 e. The molecule has 1 aliphatic rings. The highest BCUT2D eigenvalue weighted by Crippen LogP contribution is 2.19. The number of aromatic amines is 1. The summed E-state index contributed by atoms with van der Waals surface area (Å²) in [5, 5.41) is 13.3. The zero-order valence-electron chi connectivity index (χ0n) is 11.7. The van der Waals surface area contributed by atoms with Crippen molar-refractivity contribution < 1.29 is 4.79 Å². The Kier molecular flexibility index (Phi) is 3.28. The van der Waals surface area contributed by atoms with E-state index in [1.54, 1.807) is 0 Å². The highest BCUT2D eigenvalue weighted by Gasteiger charge is 2.21. The molecule has 5 heteroatoms. The summed E-state index contributed by atoms with van der Waals surface area (Å²) in [7, 11) is 0. The van der Waals surface area contributed by atoms with Crippen LogP contribution in [-0.2, 0) is 13.0 Å². The van der Waals surface area contributed by atoms with Gasteiger partial charge in [0.1, 0.15) is 0 Å². The number of aromatic nitrogens is 2. The van der Waals surface area contributed by atoms with Gasteiger partial charge >= 0.3 is 0 Å². The molecule has 0 bridgehead atoms. The van der Waals surface area contributed by atoms with E-state index in [4.69, 9.17) is 0 Å². The van der Waals surface area contributed by atoms with Crippen molar-refractivity contribution in [3.8, 4) is 0 Å². The molecule has 3 N–H and O–H groups in total. The number of H-pyrrole nitrogens is 1. The number of carbonyl (C=O) groups excluding carboxylic acids is 1. The van der Waals surface area contributed by atoms with E-state index in [0.717, 1.165) is 35.5 Å². The summed E-state index contributed by atoms with van der Waals surface area (Å²) < 4.78 is 0. The largest absolute Gasteiger partial charge is 0.320 e. The molecule has 0 aliphatic carbocycles. The average molecular weight is 270 g/mol. The molecule has 0 fully saturated rings. The predicted molar refractivity (Wildman–Crippen MR) is 77.9 cm³/mol. The molecule has 20 heavy (non-hydrogen) atoms. The molecule has 0 atom stereocenters. The molecule has 3 rings (SSSR count). The van der Waals surface area contributed by atoms with Gasteiger partial charge in [0.25, 0.3) is 5.91 Å². The van der Waals surface area contributed by atoms with E-state index in [9.17, 15) is 4.79 Å². The van der Waals surface area contributed by atoms with Gasteiger partial charge in [0, 0.05) is 36.5 Å². The Balaban J connectivity index is 1.84. The fraction of sp³-hybridized carbons (Fsp3) is 0.333. The molecule has 1 aromatic carbocycles. The van der Waals surface area contributed by atoms with Crippen molar-refractivity contribution in [3.05, 3.63) is 46.3 Å². The van der Waals surface area contributed by atoms with Crippen LogP contribution in [-0.4, -0.2) is 22.6 Å². The highest BCUT2D eigenvalue weighted by atomic mass is 16.1. The Bertz CT molecular complexity index is 660. The second kappa shape index (κ2) is 5.09. The van der Waals surface area contributed by atoms with Gasteiger partial charge in [-0.3, -0.25) is 9.89 Å². The van der Waals surface area contributed by atoms with Crippen LogP contribution in [0.1, 0.15) is 32.9 Å². The third-order valence-corrected chi connectivity index (χ3v) is 3.65. The van der Waals surface area contributed by atoms with Crippen LogP contribution in [0.2, 0.25) is 0 Å². The third-order valence-electron chi connectivity index (χ3n) is 3.65.